The molecule has 0 unspecified atom stereocenters. The van der Waals surface area contributed by atoms with Gasteiger partial charge in [0.2, 0.25) is 5.91 Å². The summed E-state index contributed by atoms with van der Waals surface area (Å²) in [5.74, 6) is 0.319. The average molecular weight is 402 g/mol. The smallest absolute Gasteiger partial charge is 0.422 e. The highest BCUT2D eigenvalue weighted by Gasteiger charge is 2.33. The Morgan fingerprint density at radius 1 is 1.21 bits per heavy atom. The fraction of sp³-hybridized carbons (Fsp3) is 0.579. The molecule has 0 radical (unpaired) electrons. The summed E-state index contributed by atoms with van der Waals surface area (Å²) in [7, 11) is 1.58. The molecule has 1 fully saturated rings. The van der Waals surface area contributed by atoms with Gasteiger partial charge in [-0.3, -0.25) is 4.79 Å². The fourth-order valence-corrected chi connectivity index (χ4v) is 3.11. The van der Waals surface area contributed by atoms with Gasteiger partial charge in [-0.15, -0.1) is 0 Å². The number of methoxy groups -OCH3 is 1. The summed E-state index contributed by atoms with van der Waals surface area (Å²) < 4.78 is 45.8. The topological polar surface area (TPSA) is 67.9 Å². The van der Waals surface area contributed by atoms with Gasteiger partial charge >= 0.3 is 12.3 Å². The third-order valence-corrected chi connectivity index (χ3v) is 4.73. The zero-order valence-electron chi connectivity index (χ0n) is 15.9. The SMILES string of the molecule is CC[C@@H](NC(=O)C1CCN(C(=O)OCC(F)(F)F)CC1)c1ccc(OC)cc1. The molecule has 1 aromatic carbocycles. The predicted molar refractivity (Wildman–Crippen MR) is 95.9 cm³/mol. The summed E-state index contributed by atoms with van der Waals surface area (Å²) >= 11 is 0. The van der Waals surface area contributed by atoms with Crippen LogP contribution in [0.4, 0.5) is 18.0 Å². The van der Waals surface area contributed by atoms with Crippen molar-refractivity contribution in [3.8, 4) is 5.75 Å². The van der Waals surface area contributed by atoms with Gasteiger partial charge in [-0.1, -0.05) is 19.1 Å². The highest BCUT2D eigenvalue weighted by atomic mass is 19.4. The molecule has 0 bridgehead atoms. The minimum Gasteiger partial charge on any atom is -0.497 e. The summed E-state index contributed by atoms with van der Waals surface area (Å²) in [6.45, 7) is 0.739. The normalized spacial score (nSPS) is 16.4. The van der Waals surface area contributed by atoms with E-state index in [0.29, 0.717) is 19.3 Å². The molecule has 0 spiro atoms. The van der Waals surface area contributed by atoms with Crippen LogP contribution < -0.4 is 10.1 Å². The van der Waals surface area contributed by atoms with E-state index < -0.39 is 18.9 Å². The molecule has 1 aliphatic rings. The maximum atomic E-state index is 12.6. The van der Waals surface area contributed by atoms with Gasteiger partial charge in [-0.25, -0.2) is 4.79 Å². The zero-order valence-corrected chi connectivity index (χ0v) is 15.9. The minimum absolute atomic E-state index is 0.119. The van der Waals surface area contributed by atoms with Gasteiger partial charge in [0.25, 0.3) is 0 Å². The van der Waals surface area contributed by atoms with Crippen molar-refractivity contribution < 1.29 is 32.2 Å². The maximum Gasteiger partial charge on any atom is 0.422 e. The van der Waals surface area contributed by atoms with Crippen molar-refractivity contribution in [2.45, 2.75) is 38.4 Å². The number of alkyl halides is 3. The lowest BCUT2D eigenvalue weighted by Gasteiger charge is -2.31. The first-order chi connectivity index (χ1) is 13.2. The Kier molecular flexibility index (Phi) is 7.53. The third-order valence-electron chi connectivity index (χ3n) is 4.73. The molecule has 0 aromatic heterocycles. The summed E-state index contributed by atoms with van der Waals surface area (Å²) in [4.78, 5) is 25.5. The lowest BCUT2D eigenvalue weighted by molar-refractivity contribution is -0.162. The van der Waals surface area contributed by atoms with Gasteiger partial charge in [-0.05, 0) is 37.0 Å². The van der Waals surface area contributed by atoms with Crippen LogP contribution >= 0.6 is 0 Å². The molecule has 156 valence electrons. The second-order valence-electron chi connectivity index (χ2n) is 6.67. The molecule has 1 N–H and O–H groups in total. The van der Waals surface area contributed by atoms with Crippen molar-refractivity contribution in [1.29, 1.82) is 0 Å². The van der Waals surface area contributed by atoms with Gasteiger partial charge in [-0.2, -0.15) is 13.2 Å². The maximum absolute atomic E-state index is 12.6. The van der Waals surface area contributed by atoms with Gasteiger partial charge in [0.1, 0.15) is 5.75 Å². The third kappa shape index (κ3) is 6.31. The van der Waals surface area contributed by atoms with Crippen LogP contribution in [0.5, 0.6) is 5.75 Å². The van der Waals surface area contributed by atoms with E-state index in [4.69, 9.17) is 4.74 Å². The lowest BCUT2D eigenvalue weighted by Crippen LogP contribution is -2.44. The van der Waals surface area contributed by atoms with Crippen molar-refractivity contribution in [3.63, 3.8) is 0 Å². The van der Waals surface area contributed by atoms with Gasteiger partial charge in [0.15, 0.2) is 6.61 Å². The average Bonchev–Trinajstić information content (AvgIpc) is 2.69. The number of hydrogen-bond acceptors (Lipinski definition) is 4. The van der Waals surface area contributed by atoms with Gasteiger partial charge in [0, 0.05) is 19.0 Å². The molecule has 1 heterocycles. The highest BCUT2D eigenvalue weighted by Crippen LogP contribution is 2.24. The number of piperidine rings is 1. The Morgan fingerprint density at radius 3 is 2.32 bits per heavy atom. The van der Waals surface area contributed by atoms with Crippen LogP contribution in [0.1, 0.15) is 37.8 Å². The van der Waals surface area contributed by atoms with E-state index >= 15 is 0 Å². The Bertz CT molecular complexity index is 656. The molecule has 1 saturated heterocycles. The standard InChI is InChI=1S/C19H25F3N2O4/c1-3-16(13-4-6-15(27-2)7-5-13)23-17(25)14-8-10-24(11-9-14)18(26)28-12-19(20,21)22/h4-7,14,16H,3,8-12H2,1-2H3,(H,23,25)/t16-/m1/s1. The number of hydrogen-bond donors (Lipinski definition) is 1. The van der Waals surface area contributed by atoms with Crippen LogP contribution in [0.15, 0.2) is 24.3 Å². The number of ether oxygens (including phenoxy) is 2. The zero-order chi connectivity index (χ0) is 20.7. The van der Waals surface area contributed by atoms with E-state index in [1.807, 2.05) is 31.2 Å². The second kappa shape index (κ2) is 9.66. The number of carbonyl (C=O) groups excluding carboxylic acids is 2. The van der Waals surface area contributed by atoms with E-state index in [2.05, 4.69) is 10.1 Å². The summed E-state index contributed by atoms with van der Waals surface area (Å²) in [6.07, 6.45) is -4.08. The van der Waals surface area contributed by atoms with E-state index in [9.17, 15) is 22.8 Å². The molecule has 28 heavy (non-hydrogen) atoms. The van der Waals surface area contributed by atoms with Crippen LogP contribution in [0, 0.1) is 5.92 Å². The summed E-state index contributed by atoms with van der Waals surface area (Å²) in [6, 6.07) is 7.30. The Hall–Kier alpha value is -2.45. The van der Waals surface area contributed by atoms with E-state index in [0.717, 1.165) is 11.3 Å². The number of benzene rings is 1. The van der Waals surface area contributed by atoms with Crippen LogP contribution in [0.25, 0.3) is 0 Å². The van der Waals surface area contributed by atoms with Crippen molar-refractivity contribution >= 4 is 12.0 Å². The molecule has 9 heteroatoms. The molecule has 1 atom stereocenters. The molecule has 2 rings (SSSR count). The highest BCUT2D eigenvalue weighted by molar-refractivity contribution is 5.79. The molecule has 1 aliphatic heterocycles. The first kappa shape index (κ1) is 21.8. The number of nitrogens with one attached hydrogen (secondary N) is 1. The first-order valence-electron chi connectivity index (χ1n) is 9.16. The Labute approximate surface area is 162 Å². The lowest BCUT2D eigenvalue weighted by atomic mass is 9.95. The van der Waals surface area contributed by atoms with Crippen molar-refractivity contribution in [3.05, 3.63) is 29.8 Å². The molecule has 0 aliphatic carbocycles. The van der Waals surface area contributed by atoms with Crippen LogP contribution in [-0.2, 0) is 9.53 Å². The predicted octanol–water partition coefficient (Wildman–Crippen LogP) is 3.67. The molecule has 0 saturated carbocycles. The Morgan fingerprint density at radius 2 is 1.82 bits per heavy atom. The van der Waals surface area contributed by atoms with Crippen LogP contribution in [-0.4, -0.2) is 49.9 Å². The molecule has 6 nitrogen and oxygen atoms in total. The number of halogens is 3. The van der Waals surface area contributed by atoms with Crippen LogP contribution in [0.2, 0.25) is 0 Å². The molecular weight excluding hydrogens is 377 g/mol. The fourth-order valence-electron chi connectivity index (χ4n) is 3.11. The van der Waals surface area contributed by atoms with Gasteiger partial charge < -0.3 is 19.7 Å². The van der Waals surface area contributed by atoms with Crippen LogP contribution in [0.3, 0.4) is 0 Å². The van der Waals surface area contributed by atoms with Crippen molar-refractivity contribution in [2.75, 3.05) is 26.8 Å². The van der Waals surface area contributed by atoms with E-state index in [1.54, 1.807) is 7.11 Å². The number of rotatable bonds is 6. The van der Waals surface area contributed by atoms with Gasteiger partial charge in [0.05, 0.1) is 13.2 Å². The monoisotopic (exact) mass is 402 g/mol. The van der Waals surface area contributed by atoms with Crippen molar-refractivity contribution in [1.82, 2.24) is 10.2 Å². The first-order valence-corrected chi connectivity index (χ1v) is 9.16. The quantitative estimate of drug-likeness (QED) is 0.788. The van der Waals surface area contributed by atoms with Crippen molar-refractivity contribution in [2.24, 2.45) is 5.92 Å². The number of carbonyl (C=O) groups is 2. The minimum atomic E-state index is -4.55. The molecular formula is C19H25F3N2O4. The summed E-state index contributed by atoms with van der Waals surface area (Å²) in [5, 5.41) is 3.02. The second-order valence-corrected chi connectivity index (χ2v) is 6.67. The number of likely N-dealkylation sites (tertiary alicyclic amines) is 1. The largest absolute Gasteiger partial charge is 0.497 e. The van der Waals surface area contributed by atoms with E-state index in [1.165, 1.54) is 4.90 Å². The summed E-state index contributed by atoms with van der Waals surface area (Å²) in [5.41, 5.74) is 0.963. The number of amides is 2. The molecule has 1 aromatic rings. The Balaban J connectivity index is 1.84. The molecule has 2 amide bonds. The van der Waals surface area contributed by atoms with E-state index in [-0.39, 0.29) is 31.0 Å². The number of nitrogens with zero attached hydrogens (tertiary/aromatic N) is 1.